The van der Waals surface area contributed by atoms with Crippen LogP contribution in [0.5, 0.6) is 0 Å². The van der Waals surface area contributed by atoms with Gasteiger partial charge in [-0.3, -0.25) is 0 Å². The molecule has 0 radical (unpaired) electrons. The fourth-order valence-corrected chi connectivity index (χ4v) is 1.87. The second kappa shape index (κ2) is 9.99. The predicted octanol–water partition coefficient (Wildman–Crippen LogP) is 6.73. The quantitative estimate of drug-likeness (QED) is 0.431. The van der Waals surface area contributed by atoms with Gasteiger partial charge in [-0.1, -0.05) is 31.0 Å². The maximum absolute atomic E-state index is 13.3. The molecule has 0 aliphatic rings. The van der Waals surface area contributed by atoms with E-state index in [1.54, 1.807) is 12.1 Å². The molecule has 1 heterocycles. The minimum absolute atomic E-state index is 0.0662. The Labute approximate surface area is 149 Å². The SMILES string of the molecule is CCCCC(F)=Nc1ccc(C(F)(F)F)nc1C.Cc1ccc(F)cc1. The van der Waals surface area contributed by atoms with Crippen LogP contribution in [0.3, 0.4) is 0 Å². The van der Waals surface area contributed by atoms with Gasteiger partial charge in [0.1, 0.15) is 11.5 Å². The van der Waals surface area contributed by atoms with Crippen LogP contribution in [0, 0.1) is 19.7 Å². The molecule has 1 aromatic carbocycles. The summed E-state index contributed by atoms with van der Waals surface area (Å²) < 4.78 is 62.4. The zero-order valence-corrected chi connectivity index (χ0v) is 14.9. The van der Waals surface area contributed by atoms with Crippen LogP contribution >= 0.6 is 0 Å². The summed E-state index contributed by atoms with van der Waals surface area (Å²) in [6, 6.07) is 8.34. The molecule has 0 unspecified atom stereocenters. The number of aryl methyl sites for hydroxylation is 2. The van der Waals surface area contributed by atoms with Crippen LogP contribution in [0.1, 0.15) is 43.1 Å². The molecule has 0 N–H and O–H groups in total. The van der Waals surface area contributed by atoms with E-state index in [9.17, 15) is 22.0 Å². The van der Waals surface area contributed by atoms with E-state index in [1.807, 2.05) is 13.8 Å². The second-order valence-corrected chi connectivity index (χ2v) is 5.69. The molecule has 2 rings (SSSR count). The molecule has 2 nitrogen and oxygen atoms in total. The van der Waals surface area contributed by atoms with E-state index in [0.717, 1.165) is 24.1 Å². The summed E-state index contributed by atoms with van der Waals surface area (Å²) >= 11 is 0. The molecule has 0 spiro atoms. The first-order valence-electron chi connectivity index (χ1n) is 8.13. The van der Waals surface area contributed by atoms with Crippen molar-refractivity contribution in [3.8, 4) is 0 Å². The van der Waals surface area contributed by atoms with Crippen LogP contribution in [0.4, 0.5) is 27.6 Å². The van der Waals surface area contributed by atoms with Crippen LogP contribution in [-0.4, -0.2) is 10.9 Å². The first-order chi connectivity index (χ1) is 12.1. The Morgan fingerprint density at radius 2 is 1.65 bits per heavy atom. The summed E-state index contributed by atoms with van der Waals surface area (Å²) in [6.45, 7) is 5.22. The summed E-state index contributed by atoms with van der Waals surface area (Å²) in [5, 5.41) is 0. The third kappa shape index (κ3) is 7.72. The van der Waals surface area contributed by atoms with Gasteiger partial charge in [-0.15, -0.1) is 0 Å². The third-order valence-electron chi connectivity index (χ3n) is 3.34. The number of benzene rings is 1. The van der Waals surface area contributed by atoms with E-state index >= 15 is 0 Å². The molecule has 142 valence electrons. The van der Waals surface area contributed by atoms with Crippen molar-refractivity contribution < 1.29 is 22.0 Å². The number of alkyl halides is 3. The van der Waals surface area contributed by atoms with Crippen molar-refractivity contribution in [3.05, 3.63) is 59.2 Å². The molecule has 0 fully saturated rings. The van der Waals surface area contributed by atoms with Crippen molar-refractivity contribution in [3.63, 3.8) is 0 Å². The Morgan fingerprint density at radius 1 is 1.04 bits per heavy atom. The van der Waals surface area contributed by atoms with Gasteiger partial charge in [0.25, 0.3) is 0 Å². The number of rotatable bonds is 4. The van der Waals surface area contributed by atoms with Crippen LogP contribution in [-0.2, 0) is 6.18 Å². The maximum Gasteiger partial charge on any atom is 0.433 e. The van der Waals surface area contributed by atoms with Gasteiger partial charge in [0.15, 0.2) is 5.97 Å². The summed E-state index contributed by atoms with van der Waals surface area (Å²) in [5.74, 6) is -0.753. The van der Waals surface area contributed by atoms with Gasteiger partial charge in [-0.2, -0.15) is 17.6 Å². The van der Waals surface area contributed by atoms with Crippen molar-refractivity contribution >= 4 is 11.7 Å². The van der Waals surface area contributed by atoms with Crippen LogP contribution in [0.2, 0.25) is 0 Å². The number of halogens is 5. The fraction of sp³-hybridized carbons (Fsp3) is 0.368. The Hall–Kier alpha value is -2.31. The largest absolute Gasteiger partial charge is 0.433 e. The first-order valence-corrected chi connectivity index (χ1v) is 8.13. The normalized spacial score (nSPS) is 11.8. The van der Waals surface area contributed by atoms with Gasteiger partial charge < -0.3 is 0 Å². The highest BCUT2D eigenvalue weighted by atomic mass is 19.4. The Bertz CT molecular complexity index is 701. The van der Waals surface area contributed by atoms with Gasteiger partial charge in [0.2, 0.25) is 0 Å². The zero-order chi connectivity index (χ0) is 19.7. The van der Waals surface area contributed by atoms with Crippen molar-refractivity contribution in [2.24, 2.45) is 4.99 Å². The van der Waals surface area contributed by atoms with Crippen molar-refractivity contribution in [1.29, 1.82) is 0 Å². The predicted molar refractivity (Wildman–Crippen MR) is 92.8 cm³/mol. The smallest absolute Gasteiger partial charge is 0.246 e. The van der Waals surface area contributed by atoms with Gasteiger partial charge in [-0.05, 0) is 44.5 Å². The second-order valence-electron chi connectivity index (χ2n) is 5.69. The average molecular weight is 372 g/mol. The molecule has 0 atom stereocenters. The topological polar surface area (TPSA) is 25.2 Å². The fourth-order valence-electron chi connectivity index (χ4n) is 1.87. The van der Waals surface area contributed by atoms with E-state index in [0.29, 0.717) is 6.42 Å². The minimum Gasteiger partial charge on any atom is -0.246 e. The Morgan fingerprint density at radius 3 is 2.12 bits per heavy atom. The van der Waals surface area contributed by atoms with Gasteiger partial charge in [-0.25, -0.2) is 14.4 Å². The van der Waals surface area contributed by atoms with Gasteiger partial charge in [0, 0.05) is 6.42 Å². The molecule has 2 aromatic rings. The number of hydrogen-bond donors (Lipinski definition) is 0. The maximum atomic E-state index is 13.3. The number of hydrogen-bond acceptors (Lipinski definition) is 2. The number of nitrogens with zero attached hydrogens (tertiary/aromatic N) is 2. The molecule has 26 heavy (non-hydrogen) atoms. The monoisotopic (exact) mass is 372 g/mol. The molecular formula is C19H21F5N2. The summed E-state index contributed by atoms with van der Waals surface area (Å²) in [7, 11) is 0. The molecule has 0 aliphatic heterocycles. The van der Waals surface area contributed by atoms with Crippen LogP contribution < -0.4 is 0 Å². The zero-order valence-electron chi connectivity index (χ0n) is 14.9. The van der Waals surface area contributed by atoms with E-state index in [1.165, 1.54) is 19.1 Å². The van der Waals surface area contributed by atoms with Gasteiger partial charge >= 0.3 is 6.18 Å². The van der Waals surface area contributed by atoms with Crippen LogP contribution in [0.15, 0.2) is 41.4 Å². The van der Waals surface area contributed by atoms with Crippen molar-refractivity contribution in [2.75, 3.05) is 0 Å². The number of aromatic nitrogens is 1. The van der Waals surface area contributed by atoms with E-state index < -0.39 is 17.8 Å². The lowest BCUT2D eigenvalue weighted by Gasteiger charge is -2.07. The summed E-state index contributed by atoms with van der Waals surface area (Å²) in [4.78, 5) is 7.02. The molecule has 0 bridgehead atoms. The highest BCUT2D eigenvalue weighted by Gasteiger charge is 2.32. The number of unbranched alkanes of at least 4 members (excludes halogenated alkanes) is 1. The number of pyridine rings is 1. The summed E-state index contributed by atoms with van der Waals surface area (Å²) in [6.07, 6.45) is -2.82. The Kier molecular flexibility index (Phi) is 8.35. The first kappa shape index (κ1) is 21.7. The van der Waals surface area contributed by atoms with Gasteiger partial charge in [0.05, 0.1) is 11.4 Å². The highest BCUT2D eigenvalue weighted by Crippen LogP contribution is 2.30. The number of aliphatic imine (C=N–C) groups is 1. The molecule has 7 heteroatoms. The molecule has 0 aliphatic carbocycles. The molecule has 1 aromatic heterocycles. The highest BCUT2D eigenvalue weighted by molar-refractivity contribution is 5.78. The molecule has 0 saturated carbocycles. The molecular weight excluding hydrogens is 351 g/mol. The lowest BCUT2D eigenvalue weighted by atomic mass is 10.2. The molecule has 0 saturated heterocycles. The van der Waals surface area contributed by atoms with E-state index in [-0.39, 0.29) is 23.6 Å². The Balaban J connectivity index is 0.000000350. The average Bonchev–Trinajstić information content (AvgIpc) is 2.57. The lowest BCUT2D eigenvalue weighted by molar-refractivity contribution is -0.141. The van der Waals surface area contributed by atoms with Crippen molar-refractivity contribution in [1.82, 2.24) is 4.98 Å². The third-order valence-corrected chi connectivity index (χ3v) is 3.34. The summed E-state index contributed by atoms with van der Waals surface area (Å²) in [5.41, 5.74) is 0.299. The lowest BCUT2D eigenvalue weighted by Crippen LogP contribution is -2.08. The van der Waals surface area contributed by atoms with E-state index in [4.69, 9.17) is 0 Å². The molecule has 0 amide bonds. The van der Waals surface area contributed by atoms with Crippen LogP contribution in [0.25, 0.3) is 0 Å². The van der Waals surface area contributed by atoms with E-state index in [2.05, 4.69) is 9.98 Å². The minimum atomic E-state index is -4.49. The standard InChI is InChI=1S/C12H14F4N2.C7H7F/c1-3-4-5-11(13)18-9-6-7-10(12(14,15)16)17-8(9)2;1-6-2-4-7(8)5-3-6/h6-7H,3-5H2,1-2H3;2-5H,1H3. The van der Waals surface area contributed by atoms with Crippen molar-refractivity contribution in [2.45, 2.75) is 46.2 Å².